The molecular formula is C11H13Br2F. The van der Waals surface area contributed by atoms with Gasteiger partial charge in [0.05, 0.1) is 0 Å². The van der Waals surface area contributed by atoms with Crippen LogP contribution in [0.25, 0.3) is 0 Å². The van der Waals surface area contributed by atoms with Crippen molar-refractivity contribution in [3.8, 4) is 0 Å². The Labute approximate surface area is 101 Å². The molecule has 0 fully saturated rings. The molecule has 0 heterocycles. The van der Waals surface area contributed by atoms with Crippen molar-refractivity contribution in [2.75, 3.05) is 0 Å². The SMILES string of the molecule is CC(Br)CCCc1ccc(F)cc1Br. The van der Waals surface area contributed by atoms with Crippen LogP contribution in [0.3, 0.4) is 0 Å². The van der Waals surface area contributed by atoms with Gasteiger partial charge in [0.1, 0.15) is 5.82 Å². The van der Waals surface area contributed by atoms with E-state index in [0.29, 0.717) is 4.83 Å². The highest BCUT2D eigenvalue weighted by Crippen LogP contribution is 2.20. The van der Waals surface area contributed by atoms with Crippen LogP contribution in [0.5, 0.6) is 0 Å². The Morgan fingerprint density at radius 2 is 2.14 bits per heavy atom. The molecule has 14 heavy (non-hydrogen) atoms. The lowest BCUT2D eigenvalue weighted by atomic mass is 10.1. The second kappa shape index (κ2) is 5.86. The zero-order chi connectivity index (χ0) is 10.6. The first kappa shape index (κ1) is 12.2. The minimum atomic E-state index is -0.186. The minimum absolute atomic E-state index is 0.186. The van der Waals surface area contributed by atoms with E-state index in [9.17, 15) is 4.39 Å². The predicted octanol–water partition coefficient (Wildman–Crippen LogP) is 4.69. The Bertz CT molecular complexity index is 297. The fourth-order valence-electron chi connectivity index (χ4n) is 1.30. The summed E-state index contributed by atoms with van der Waals surface area (Å²) in [6, 6.07) is 4.88. The van der Waals surface area contributed by atoms with E-state index in [4.69, 9.17) is 0 Å². The first-order valence-corrected chi connectivity index (χ1v) is 6.38. The molecule has 1 aromatic carbocycles. The highest BCUT2D eigenvalue weighted by molar-refractivity contribution is 9.10. The zero-order valence-electron chi connectivity index (χ0n) is 8.06. The Morgan fingerprint density at radius 1 is 1.43 bits per heavy atom. The van der Waals surface area contributed by atoms with E-state index in [0.717, 1.165) is 23.7 Å². The summed E-state index contributed by atoms with van der Waals surface area (Å²) in [6.07, 6.45) is 3.26. The van der Waals surface area contributed by atoms with Gasteiger partial charge in [0.2, 0.25) is 0 Å². The molecule has 1 aromatic rings. The molecule has 0 spiro atoms. The quantitative estimate of drug-likeness (QED) is 0.705. The molecular weight excluding hydrogens is 311 g/mol. The lowest BCUT2D eigenvalue weighted by Crippen LogP contribution is -1.93. The van der Waals surface area contributed by atoms with Crippen molar-refractivity contribution in [1.82, 2.24) is 0 Å². The first-order chi connectivity index (χ1) is 6.59. The topological polar surface area (TPSA) is 0 Å². The zero-order valence-corrected chi connectivity index (χ0v) is 11.2. The van der Waals surface area contributed by atoms with Crippen molar-refractivity contribution in [3.63, 3.8) is 0 Å². The number of aryl methyl sites for hydroxylation is 1. The maximum Gasteiger partial charge on any atom is 0.124 e. The third-order valence-corrected chi connectivity index (χ3v) is 3.26. The molecule has 78 valence electrons. The number of rotatable bonds is 4. The summed E-state index contributed by atoms with van der Waals surface area (Å²) in [4.78, 5) is 0.557. The maximum atomic E-state index is 12.8. The molecule has 0 aromatic heterocycles. The molecule has 0 saturated heterocycles. The van der Waals surface area contributed by atoms with E-state index >= 15 is 0 Å². The molecule has 0 aliphatic rings. The van der Waals surface area contributed by atoms with Crippen LogP contribution in [0.4, 0.5) is 4.39 Å². The van der Waals surface area contributed by atoms with Crippen LogP contribution in [-0.4, -0.2) is 4.83 Å². The van der Waals surface area contributed by atoms with Gasteiger partial charge >= 0.3 is 0 Å². The van der Waals surface area contributed by atoms with Gasteiger partial charge in [0, 0.05) is 9.30 Å². The van der Waals surface area contributed by atoms with Crippen LogP contribution in [-0.2, 0) is 6.42 Å². The summed E-state index contributed by atoms with van der Waals surface area (Å²) in [5.74, 6) is -0.186. The summed E-state index contributed by atoms with van der Waals surface area (Å²) in [5, 5.41) is 0. The summed E-state index contributed by atoms with van der Waals surface area (Å²) in [5.41, 5.74) is 1.18. The Balaban J connectivity index is 2.51. The number of halogens is 3. The van der Waals surface area contributed by atoms with Gasteiger partial charge in [-0.2, -0.15) is 0 Å². The van der Waals surface area contributed by atoms with E-state index in [1.54, 1.807) is 0 Å². The number of hydrogen-bond acceptors (Lipinski definition) is 0. The van der Waals surface area contributed by atoms with E-state index in [2.05, 4.69) is 38.8 Å². The third kappa shape index (κ3) is 4.09. The van der Waals surface area contributed by atoms with Crippen LogP contribution in [0, 0.1) is 5.82 Å². The molecule has 0 N–H and O–H groups in total. The van der Waals surface area contributed by atoms with Gasteiger partial charge in [0.25, 0.3) is 0 Å². The molecule has 0 saturated carbocycles. The molecule has 3 heteroatoms. The normalized spacial score (nSPS) is 12.9. The average Bonchev–Trinajstić information content (AvgIpc) is 2.08. The highest BCUT2D eigenvalue weighted by Gasteiger charge is 2.02. The fraction of sp³-hybridized carbons (Fsp3) is 0.455. The molecule has 0 radical (unpaired) electrons. The van der Waals surface area contributed by atoms with Crippen molar-refractivity contribution >= 4 is 31.9 Å². The summed E-state index contributed by atoms with van der Waals surface area (Å²) < 4.78 is 13.6. The van der Waals surface area contributed by atoms with Gasteiger partial charge in [-0.15, -0.1) is 0 Å². The molecule has 0 aliphatic heterocycles. The number of benzene rings is 1. The van der Waals surface area contributed by atoms with Crippen molar-refractivity contribution in [1.29, 1.82) is 0 Å². The smallest absolute Gasteiger partial charge is 0.124 e. The lowest BCUT2D eigenvalue weighted by molar-refractivity contribution is 0.625. The summed E-state index contributed by atoms with van der Waals surface area (Å²) in [6.45, 7) is 2.14. The van der Waals surface area contributed by atoms with Crippen LogP contribution < -0.4 is 0 Å². The molecule has 0 amide bonds. The first-order valence-electron chi connectivity index (χ1n) is 4.67. The Morgan fingerprint density at radius 3 is 2.71 bits per heavy atom. The second-order valence-corrected chi connectivity index (χ2v) is 5.83. The molecule has 0 bridgehead atoms. The van der Waals surface area contributed by atoms with Crippen molar-refractivity contribution in [2.24, 2.45) is 0 Å². The monoisotopic (exact) mass is 322 g/mol. The average molecular weight is 324 g/mol. The Kier molecular flexibility index (Phi) is 5.10. The van der Waals surface area contributed by atoms with E-state index in [-0.39, 0.29) is 5.82 Å². The van der Waals surface area contributed by atoms with Gasteiger partial charge in [0.15, 0.2) is 0 Å². The lowest BCUT2D eigenvalue weighted by Gasteiger charge is -2.05. The van der Waals surface area contributed by atoms with Gasteiger partial charge in [-0.05, 0) is 37.0 Å². The van der Waals surface area contributed by atoms with Gasteiger partial charge in [-0.3, -0.25) is 0 Å². The van der Waals surface area contributed by atoms with E-state index in [1.165, 1.54) is 17.7 Å². The summed E-state index contributed by atoms with van der Waals surface area (Å²) >= 11 is 6.87. The minimum Gasteiger partial charge on any atom is -0.207 e. The van der Waals surface area contributed by atoms with Gasteiger partial charge < -0.3 is 0 Å². The van der Waals surface area contributed by atoms with Crippen molar-refractivity contribution in [2.45, 2.75) is 31.0 Å². The molecule has 1 unspecified atom stereocenters. The maximum absolute atomic E-state index is 12.8. The predicted molar refractivity (Wildman–Crippen MR) is 65.4 cm³/mol. The standard InChI is InChI=1S/C11H13Br2F/c1-8(12)3-2-4-9-5-6-10(14)7-11(9)13/h5-8H,2-4H2,1H3. The van der Waals surface area contributed by atoms with Crippen LogP contribution >= 0.6 is 31.9 Å². The van der Waals surface area contributed by atoms with Crippen LogP contribution in [0.15, 0.2) is 22.7 Å². The second-order valence-electron chi connectivity index (χ2n) is 3.41. The third-order valence-electron chi connectivity index (χ3n) is 2.06. The fourth-order valence-corrected chi connectivity index (χ4v) is 2.17. The molecule has 0 nitrogen and oxygen atoms in total. The van der Waals surface area contributed by atoms with Crippen LogP contribution in [0.1, 0.15) is 25.3 Å². The molecule has 0 aliphatic carbocycles. The largest absolute Gasteiger partial charge is 0.207 e. The van der Waals surface area contributed by atoms with Gasteiger partial charge in [-0.1, -0.05) is 44.8 Å². The molecule has 1 atom stereocenters. The van der Waals surface area contributed by atoms with Crippen molar-refractivity contribution in [3.05, 3.63) is 34.1 Å². The number of hydrogen-bond donors (Lipinski definition) is 0. The van der Waals surface area contributed by atoms with Crippen LogP contribution in [0.2, 0.25) is 0 Å². The molecule has 1 rings (SSSR count). The Hall–Kier alpha value is 0.110. The van der Waals surface area contributed by atoms with E-state index < -0.39 is 0 Å². The summed E-state index contributed by atoms with van der Waals surface area (Å²) in [7, 11) is 0. The van der Waals surface area contributed by atoms with Crippen molar-refractivity contribution < 1.29 is 4.39 Å². The highest BCUT2D eigenvalue weighted by atomic mass is 79.9. The van der Waals surface area contributed by atoms with Gasteiger partial charge in [-0.25, -0.2) is 4.39 Å². The number of alkyl halides is 1. The van der Waals surface area contributed by atoms with E-state index in [1.807, 2.05) is 6.07 Å².